The van der Waals surface area contributed by atoms with E-state index in [9.17, 15) is 4.79 Å². The molecule has 1 amide bonds. The molecule has 5 nitrogen and oxygen atoms in total. The first-order valence-corrected chi connectivity index (χ1v) is 8.10. The molecule has 0 fully saturated rings. The minimum Gasteiger partial charge on any atom is -0.496 e. The van der Waals surface area contributed by atoms with Gasteiger partial charge < -0.3 is 10.1 Å². The van der Waals surface area contributed by atoms with E-state index in [2.05, 4.69) is 41.6 Å². The van der Waals surface area contributed by atoms with Crippen LogP contribution in [-0.4, -0.2) is 22.8 Å². The molecule has 0 saturated heterocycles. The molecular formula is C20H21N3O2. The summed E-state index contributed by atoms with van der Waals surface area (Å²) in [7, 11) is 1.60. The number of hydrogen-bond donors (Lipinski definition) is 1. The lowest BCUT2D eigenvalue weighted by atomic mass is 10.1. The van der Waals surface area contributed by atoms with Crippen LogP contribution in [0, 0.1) is 13.8 Å². The van der Waals surface area contributed by atoms with Crippen LogP contribution in [0.15, 0.2) is 54.9 Å². The summed E-state index contributed by atoms with van der Waals surface area (Å²) in [6.07, 6.45) is 3.48. The van der Waals surface area contributed by atoms with Crippen LogP contribution in [0.2, 0.25) is 0 Å². The SMILES string of the molecule is COc1cccc(C(=O)Nc2cnn(Cc3ccc(C)cc3)c2)c1C. The summed E-state index contributed by atoms with van der Waals surface area (Å²) in [4.78, 5) is 12.5. The van der Waals surface area contributed by atoms with Gasteiger partial charge in [0.2, 0.25) is 0 Å². The number of amides is 1. The summed E-state index contributed by atoms with van der Waals surface area (Å²) in [5.41, 5.74) is 4.46. The van der Waals surface area contributed by atoms with Crippen LogP contribution in [0.4, 0.5) is 5.69 Å². The maximum absolute atomic E-state index is 12.5. The summed E-state index contributed by atoms with van der Waals surface area (Å²) < 4.78 is 7.07. The Morgan fingerprint density at radius 1 is 1.16 bits per heavy atom. The fourth-order valence-electron chi connectivity index (χ4n) is 2.68. The summed E-state index contributed by atoms with van der Waals surface area (Å²) in [5.74, 6) is 0.522. The summed E-state index contributed by atoms with van der Waals surface area (Å²) in [6.45, 7) is 4.59. The third-order valence-corrected chi connectivity index (χ3v) is 4.10. The van der Waals surface area contributed by atoms with Crippen LogP contribution in [0.3, 0.4) is 0 Å². The lowest BCUT2D eigenvalue weighted by Gasteiger charge is -2.09. The average molecular weight is 335 g/mol. The molecule has 0 unspecified atom stereocenters. The largest absolute Gasteiger partial charge is 0.496 e. The molecule has 0 atom stereocenters. The van der Waals surface area contributed by atoms with E-state index in [0.717, 1.165) is 11.1 Å². The number of ether oxygens (including phenoxy) is 1. The fraction of sp³-hybridized carbons (Fsp3) is 0.200. The number of aryl methyl sites for hydroxylation is 1. The topological polar surface area (TPSA) is 56.1 Å². The Labute approximate surface area is 147 Å². The number of nitrogens with one attached hydrogen (secondary N) is 1. The lowest BCUT2D eigenvalue weighted by Crippen LogP contribution is -2.13. The van der Waals surface area contributed by atoms with Crippen molar-refractivity contribution < 1.29 is 9.53 Å². The smallest absolute Gasteiger partial charge is 0.256 e. The van der Waals surface area contributed by atoms with E-state index in [1.54, 1.807) is 24.1 Å². The molecule has 1 heterocycles. The van der Waals surface area contributed by atoms with Gasteiger partial charge in [0.15, 0.2) is 0 Å². The number of benzene rings is 2. The minimum absolute atomic E-state index is 0.175. The van der Waals surface area contributed by atoms with Gasteiger partial charge in [-0.2, -0.15) is 5.10 Å². The first-order valence-electron chi connectivity index (χ1n) is 8.10. The number of carbonyl (C=O) groups excluding carboxylic acids is 1. The van der Waals surface area contributed by atoms with E-state index in [1.807, 2.05) is 25.3 Å². The zero-order valence-electron chi connectivity index (χ0n) is 14.6. The zero-order valence-corrected chi connectivity index (χ0v) is 14.6. The van der Waals surface area contributed by atoms with Crippen LogP contribution < -0.4 is 10.1 Å². The lowest BCUT2D eigenvalue weighted by molar-refractivity contribution is 0.102. The van der Waals surface area contributed by atoms with Crippen molar-refractivity contribution >= 4 is 11.6 Å². The molecule has 25 heavy (non-hydrogen) atoms. The molecule has 2 aromatic carbocycles. The highest BCUT2D eigenvalue weighted by Gasteiger charge is 2.13. The Bertz CT molecular complexity index is 882. The number of aromatic nitrogens is 2. The molecule has 0 aliphatic rings. The molecule has 0 aliphatic heterocycles. The van der Waals surface area contributed by atoms with Crippen molar-refractivity contribution in [1.82, 2.24) is 9.78 Å². The molecule has 3 rings (SSSR count). The maximum atomic E-state index is 12.5. The van der Waals surface area contributed by atoms with Crippen LogP contribution >= 0.6 is 0 Å². The molecule has 1 N–H and O–H groups in total. The predicted molar refractivity (Wildman–Crippen MR) is 98.2 cm³/mol. The van der Waals surface area contributed by atoms with Crippen molar-refractivity contribution in [2.24, 2.45) is 0 Å². The molecule has 0 saturated carbocycles. The van der Waals surface area contributed by atoms with Gasteiger partial charge in [0.05, 0.1) is 25.5 Å². The Kier molecular flexibility index (Phi) is 4.84. The van der Waals surface area contributed by atoms with E-state index >= 15 is 0 Å². The second-order valence-corrected chi connectivity index (χ2v) is 6.00. The number of rotatable bonds is 5. The van der Waals surface area contributed by atoms with E-state index < -0.39 is 0 Å². The van der Waals surface area contributed by atoms with Crippen molar-refractivity contribution in [2.45, 2.75) is 20.4 Å². The molecule has 0 spiro atoms. The van der Waals surface area contributed by atoms with Gasteiger partial charge in [-0.05, 0) is 31.5 Å². The number of methoxy groups -OCH3 is 1. The second-order valence-electron chi connectivity index (χ2n) is 6.00. The van der Waals surface area contributed by atoms with Crippen molar-refractivity contribution in [2.75, 3.05) is 12.4 Å². The molecule has 1 aromatic heterocycles. The first-order chi connectivity index (χ1) is 12.1. The van der Waals surface area contributed by atoms with Crippen molar-refractivity contribution in [3.63, 3.8) is 0 Å². The first kappa shape index (κ1) is 16.8. The van der Waals surface area contributed by atoms with Crippen molar-refractivity contribution in [3.05, 3.63) is 77.1 Å². The van der Waals surface area contributed by atoms with Gasteiger partial charge >= 0.3 is 0 Å². The molecule has 0 bridgehead atoms. The minimum atomic E-state index is -0.175. The quantitative estimate of drug-likeness (QED) is 0.771. The van der Waals surface area contributed by atoms with Crippen LogP contribution in [-0.2, 0) is 6.54 Å². The van der Waals surface area contributed by atoms with E-state index in [1.165, 1.54) is 5.56 Å². The Balaban J connectivity index is 1.71. The van der Waals surface area contributed by atoms with Crippen LogP contribution in [0.5, 0.6) is 5.75 Å². The number of hydrogen-bond acceptors (Lipinski definition) is 3. The van der Waals surface area contributed by atoms with Gasteiger partial charge in [-0.15, -0.1) is 0 Å². The standard InChI is InChI=1S/C20H21N3O2/c1-14-7-9-16(10-8-14)12-23-13-17(11-21-23)22-20(24)18-5-4-6-19(25-3)15(18)2/h4-11,13H,12H2,1-3H3,(H,22,24). The highest BCUT2D eigenvalue weighted by atomic mass is 16.5. The molecule has 0 radical (unpaired) electrons. The number of nitrogens with zero attached hydrogens (tertiary/aromatic N) is 2. The monoisotopic (exact) mass is 335 g/mol. The normalized spacial score (nSPS) is 10.5. The van der Waals surface area contributed by atoms with Gasteiger partial charge in [0, 0.05) is 17.3 Å². The highest BCUT2D eigenvalue weighted by Crippen LogP contribution is 2.22. The zero-order chi connectivity index (χ0) is 17.8. The van der Waals surface area contributed by atoms with Crippen molar-refractivity contribution in [1.29, 1.82) is 0 Å². The van der Waals surface area contributed by atoms with Gasteiger partial charge in [-0.25, -0.2) is 0 Å². The van der Waals surface area contributed by atoms with Crippen molar-refractivity contribution in [3.8, 4) is 5.75 Å². The van der Waals surface area contributed by atoms with E-state index in [4.69, 9.17) is 4.74 Å². The number of carbonyl (C=O) groups is 1. The predicted octanol–water partition coefficient (Wildman–Crippen LogP) is 3.81. The second kappa shape index (κ2) is 7.21. The Morgan fingerprint density at radius 2 is 1.92 bits per heavy atom. The summed E-state index contributed by atoms with van der Waals surface area (Å²) in [6, 6.07) is 13.7. The average Bonchev–Trinajstić information content (AvgIpc) is 3.04. The molecule has 3 aromatic rings. The van der Waals surface area contributed by atoms with Gasteiger partial charge in [-0.3, -0.25) is 9.48 Å². The molecule has 0 aliphatic carbocycles. The van der Waals surface area contributed by atoms with Crippen LogP contribution in [0.25, 0.3) is 0 Å². The third kappa shape index (κ3) is 3.88. The number of anilines is 1. The maximum Gasteiger partial charge on any atom is 0.256 e. The van der Waals surface area contributed by atoms with Gasteiger partial charge in [-0.1, -0.05) is 35.9 Å². The Hall–Kier alpha value is -3.08. The summed E-state index contributed by atoms with van der Waals surface area (Å²) >= 11 is 0. The van der Waals surface area contributed by atoms with E-state index in [0.29, 0.717) is 23.5 Å². The van der Waals surface area contributed by atoms with Gasteiger partial charge in [0.25, 0.3) is 5.91 Å². The molecule has 128 valence electrons. The highest BCUT2D eigenvalue weighted by molar-refractivity contribution is 6.05. The van der Waals surface area contributed by atoms with Crippen LogP contribution in [0.1, 0.15) is 27.0 Å². The third-order valence-electron chi connectivity index (χ3n) is 4.10. The summed E-state index contributed by atoms with van der Waals surface area (Å²) in [5, 5.41) is 7.20. The molecular weight excluding hydrogens is 314 g/mol. The molecule has 5 heteroatoms. The fourth-order valence-corrected chi connectivity index (χ4v) is 2.68. The van der Waals surface area contributed by atoms with E-state index in [-0.39, 0.29) is 5.91 Å². The van der Waals surface area contributed by atoms with Gasteiger partial charge in [0.1, 0.15) is 5.75 Å². The Morgan fingerprint density at radius 3 is 2.64 bits per heavy atom.